The lowest BCUT2D eigenvalue weighted by Crippen LogP contribution is -2.44. The standard InChI is InChI=1S/C28H28N2O/c1-20-9-7-12-23(17-20)30-19-24(31-28-16-6-5-15-27(28)30)18-29-21(2)25-14-8-11-22-10-3-4-13-26(22)25/h3-17,21,24,29H,18-19H2,1-2H3/t21-,24?/m1/s1. The monoisotopic (exact) mass is 408 g/mol. The second kappa shape index (κ2) is 8.44. The Kier molecular flexibility index (Phi) is 5.35. The summed E-state index contributed by atoms with van der Waals surface area (Å²) in [5.41, 5.74) is 4.93. The van der Waals surface area contributed by atoms with Gasteiger partial charge in [-0.25, -0.2) is 0 Å². The van der Waals surface area contributed by atoms with E-state index in [1.807, 2.05) is 6.07 Å². The van der Waals surface area contributed by atoms with Crippen molar-refractivity contribution in [3.63, 3.8) is 0 Å². The van der Waals surface area contributed by atoms with Gasteiger partial charge in [0.1, 0.15) is 11.9 Å². The fourth-order valence-corrected chi connectivity index (χ4v) is 4.49. The first-order chi connectivity index (χ1) is 15.2. The van der Waals surface area contributed by atoms with E-state index in [1.54, 1.807) is 0 Å². The van der Waals surface area contributed by atoms with Crippen LogP contribution in [0.15, 0.2) is 91.0 Å². The Morgan fingerprint density at radius 1 is 0.935 bits per heavy atom. The zero-order chi connectivity index (χ0) is 21.2. The van der Waals surface area contributed by atoms with Gasteiger partial charge in [-0.2, -0.15) is 0 Å². The van der Waals surface area contributed by atoms with Gasteiger partial charge in [0.05, 0.1) is 12.2 Å². The van der Waals surface area contributed by atoms with E-state index in [9.17, 15) is 0 Å². The van der Waals surface area contributed by atoms with Gasteiger partial charge in [0, 0.05) is 18.3 Å². The van der Waals surface area contributed by atoms with Gasteiger partial charge < -0.3 is 15.0 Å². The van der Waals surface area contributed by atoms with E-state index < -0.39 is 0 Å². The quantitative estimate of drug-likeness (QED) is 0.414. The molecule has 4 aromatic rings. The Balaban J connectivity index is 1.36. The van der Waals surface area contributed by atoms with Crippen LogP contribution in [0.2, 0.25) is 0 Å². The van der Waals surface area contributed by atoms with Crippen LogP contribution in [0.3, 0.4) is 0 Å². The number of fused-ring (bicyclic) bond motifs is 2. The van der Waals surface area contributed by atoms with Gasteiger partial charge in [-0.3, -0.25) is 0 Å². The summed E-state index contributed by atoms with van der Waals surface area (Å²) in [7, 11) is 0. The molecule has 0 saturated heterocycles. The number of anilines is 2. The van der Waals surface area contributed by atoms with Gasteiger partial charge in [0.2, 0.25) is 0 Å². The van der Waals surface area contributed by atoms with Crippen molar-refractivity contribution in [2.24, 2.45) is 0 Å². The summed E-state index contributed by atoms with van der Waals surface area (Å²) in [5.74, 6) is 0.944. The van der Waals surface area contributed by atoms with E-state index in [0.717, 1.165) is 24.5 Å². The van der Waals surface area contributed by atoms with Crippen LogP contribution in [0, 0.1) is 6.92 Å². The fraction of sp³-hybridized carbons (Fsp3) is 0.214. The van der Waals surface area contributed by atoms with Gasteiger partial charge in [0.15, 0.2) is 0 Å². The third kappa shape index (κ3) is 4.01. The van der Waals surface area contributed by atoms with Gasteiger partial charge in [-0.05, 0) is 60.0 Å². The molecule has 1 heterocycles. The number of aryl methyl sites for hydroxylation is 1. The van der Waals surface area contributed by atoms with Crippen LogP contribution in [0.4, 0.5) is 11.4 Å². The number of nitrogens with zero attached hydrogens (tertiary/aromatic N) is 1. The number of para-hydroxylation sites is 2. The summed E-state index contributed by atoms with van der Waals surface area (Å²) in [5, 5.41) is 6.31. The topological polar surface area (TPSA) is 24.5 Å². The predicted molar refractivity (Wildman–Crippen MR) is 129 cm³/mol. The van der Waals surface area contributed by atoms with Gasteiger partial charge in [0.25, 0.3) is 0 Å². The van der Waals surface area contributed by atoms with Crippen LogP contribution < -0.4 is 15.0 Å². The molecule has 0 amide bonds. The molecule has 0 aromatic heterocycles. The summed E-state index contributed by atoms with van der Waals surface area (Å²) in [6.45, 7) is 5.97. The molecule has 3 nitrogen and oxygen atoms in total. The molecule has 1 unspecified atom stereocenters. The first-order valence-electron chi connectivity index (χ1n) is 11.0. The Bertz CT molecular complexity index is 1200. The lowest BCUT2D eigenvalue weighted by molar-refractivity contribution is 0.190. The van der Waals surface area contributed by atoms with Crippen molar-refractivity contribution in [2.45, 2.75) is 26.0 Å². The van der Waals surface area contributed by atoms with Crippen LogP contribution >= 0.6 is 0 Å². The van der Waals surface area contributed by atoms with E-state index >= 15 is 0 Å². The molecule has 1 N–H and O–H groups in total. The van der Waals surface area contributed by atoms with E-state index in [2.05, 4.69) is 109 Å². The van der Waals surface area contributed by atoms with Crippen molar-refractivity contribution in [1.82, 2.24) is 5.32 Å². The molecule has 156 valence electrons. The van der Waals surface area contributed by atoms with Crippen molar-refractivity contribution in [2.75, 3.05) is 18.0 Å². The highest BCUT2D eigenvalue weighted by Gasteiger charge is 2.27. The third-order valence-corrected chi connectivity index (χ3v) is 6.09. The highest BCUT2D eigenvalue weighted by atomic mass is 16.5. The molecule has 0 aliphatic carbocycles. The van der Waals surface area contributed by atoms with Crippen LogP contribution in [0.25, 0.3) is 10.8 Å². The maximum atomic E-state index is 6.38. The van der Waals surface area contributed by atoms with Crippen molar-refractivity contribution in [3.8, 4) is 5.75 Å². The molecule has 1 aliphatic heterocycles. The molecule has 0 bridgehead atoms. The minimum Gasteiger partial charge on any atom is -0.485 e. The Hall–Kier alpha value is -3.30. The van der Waals surface area contributed by atoms with Crippen molar-refractivity contribution >= 4 is 22.1 Å². The number of rotatable bonds is 5. The molecule has 1 aliphatic rings. The predicted octanol–water partition coefficient (Wildman–Crippen LogP) is 6.40. The van der Waals surface area contributed by atoms with Crippen LogP contribution in [-0.2, 0) is 0 Å². The van der Waals surface area contributed by atoms with Crippen LogP contribution in [-0.4, -0.2) is 19.2 Å². The number of hydrogen-bond acceptors (Lipinski definition) is 3. The summed E-state index contributed by atoms with van der Waals surface area (Å²) in [6.07, 6.45) is 0.0628. The first-order valence-corrected chi connectivity index (χ1v) is 11.0. The van der Waals surface area contributed by atoms with Gasteiger partial charge in [-0.15, -0.1) is 0 Å². The number of benzene rings is 4. The zero-order valence-electron chi connectivity index (χ0n) is 18.1. The first kappa shape index (κ1) is 19.7. The molecule has 0 saturated carbocycles. The van der Waals surface area contributed by atoms with E-state index in [1.165, 1.54) is 27.6 Å². The largest absolute Gasteiger partial charge is 0.485 e. The smallest absolute Gasteiger partial charge is 0.143 e. The van der Waals surface area contributed by atoms with Crippen molar-refractivity contribution in [1.29, 1.82) is 0 Å². The molecule has 5 rings (SSSR count). The Morgan fingerprint density at radius 3 is 2.61 bits per heavy atom. The van der Waals surface area contributed by atoms with E-state index in [-0.39, 0.29) is 12.1 Å². The maximum absolute atomic E-state index is 6.38. The minimum absolute atomic E-state index is 0.0628. The summed E-state index contributed by atoms with van der Waals surface area (Å²) in [4.78, 5) is 2.38. The Labute approximate surface area is 184 Å². The molecular weight excluding hydrogens is 380 g/mol. The van der Waals surface area contributed by atoms with Crippen LogP contribution in [0.5, 0.6) is 5.75 Å². The normalized spacial score (nSPS) is 16.6. The summed E-state index contributed by atoms with van der Waals surface area (Å²) in [6, 6.07) is 32.4. The van der Waals surface area contributed by atoms with Crippen molar-refractivity contribution < 1.29 is 4.74 Å². The SMILES string of the molecule is Cc1cccc(N2CC(CN[C@H](C)c3cccc4ccccc34)Oc3ccccc32)c1. The fourth-order valence-electron chi connectivity index (χ4n) is 4.49. The molecular formula is C28H28N2O. The molecule has 2 atom stereocenters. The van der Waals surface area contributed by atoms with Crippen LogP contribution in [0.1, 0.15) is 24.1 Å². The van der Waals surface area contributed by atoms with E-state index in [0.29, 0.717) is 0 Å². The second-order valence-electron chi connectivity index (χ2n) is 8.36. The average molecular weight is 409 g/mol. The average Bonchev–Trinajstić information content (AvgIpc) is 2.81. The molecule has 31 heavy (non-hydrogen) atoms. The number of ether oxygens (including phenoxy) is 1. The van der Waals surface area contributed by atoms with Crippen molar-refractivity contribution in [3.05, 3.63) is 102 Å². The van der Waals surface area contributed by atoms with E-state index in [4.69, 9.17) is 4.74 Å². The molecule has 3 heteroatoms. The molecule has 4 aromatic carbocycles. The highest BCUT2D eigenvalue weighted by molar-refractivity contribution is 5.86. The Morgan fingerprint density at radius 2 is 1.71 bits per heavy atom. The summed E-state index contributed by atoms with van der Waals surface area (Å²) >= 11 is 0. The number of nitrogens with one attached hydrogen (secondary N) is 1. The highest BCUT2D eigenvalue weighted by Crippen LogP contribution is 2.38. The maximum Gasteiger partial charge on any atom is 0.143 e. The lowest BCUT2D eigenvalue weighted by Gasteiger charge is -2.37. The second-order valence-corrected chi connectivity index (χ2v) is 8.36. The van der Waals surface area contributed by atoms with Gasteiger partial charge in [-0.1, -0.05) is 66.7 Å². The number of hydrogen-bond donors (Lipinski definition) is 1. The minimum atomic E-state index is 0.0628. The lowest BCUT2D eigenvalue weighted by atomic mass is 9.99. The summed E-state index contributed by atoms with van der Waals surface area (Å²) < 4.78 is 6.38. The third-order valence-electron chi connectivity index (χ3n) is 6.09. The molecule has 0 spiro atoms. The molecule has 0 fully saturated rings. The zero-order valence-corrected chi connectivity index (χ0v) is 18.1. The van der Waals surface area contributed by atoms with Gasteiger partial charge >= 0.3 is 0 Å². The molecule has 0 radical (unpaired) electrons.